The lowest BCUT2D eigenvalue weighted by molar-refractivity contribution is -0.128. The van der Waals surface area contributed by atoms with Gasteiger partial charge in [-0.3, -0.25) is 9.79 Å². The molecule has 1 rings (SSSR count). The Hall–Kier alpha value is -2.24. The van der Waals surface area contributed by atoms with Gasteiger partial charge in [0.2, 0.25) is 5.91 Å². The number of nitrogens with zero attached hydrogens (tertiary/aromatic N) is 1. The van der Waals surface area contributed by atoms with Crippen molar-refractivity contribution < 1.29 is 9.53 Å². The van der Waals surface area contributed by atoms with Crippen LogP contribution in [0.3, 0.4) is 0 Å². The van der Waals surface area contributed by atoms with E-state index in [1.807, 2.05) is 38.1 Å². The topological polar surface area (TPSA) is 74.8 Å². The number of rotatable bonds is 6. The Morgan fingerprint density at radius 3 is 2.64 bits per heavy atom. The number of hydrogen-bond acceptors (Lipinski definition) is 3. The van der Waals surface area contributed by atoms with E-state index >= 15 is 0 Å². The van der Waals surface area contributed by atoms with Gasteiger partial charge < -0.3 is 20.7 Å². The first-order valence-electron chi connectivity index (χ1n) is 7.22. The second-order valence-corrected chi connectivity index (χ2v) is 5.59. The zero-order valence-corrected chi connectivity index (χ0v) is 14.0. The van der Waals surface area contributed by atoms with E-state index < -0.39 is 5.41 Å². The summed E-state index contributed by atoms with van der Waals surface area (Å²) in [6, 6.07) is 7.83. The van der Waals surface area contributed by atoms with Gasteiger partial charge in [-0.25, -0.2) is 0 Å². The Morgan fingerprint density at radius 2 is 2.05 bits per heavy atom. The Morgan fingerprint density at radius 1 is 1.32 bits per heavy atom. The van der Waals surface area contributed by atoms with E-state index in [0.717, 1.165) is 11.3 Å². The zero-order valence-electron chi connectivity index (χ0n) is 14.0. The van der Waals surface area contributed by atoms with Crippen molar-refractivity contribution in [3.8, 4) is 5.75 Å². The molecule has 1 aromatic rings. The van der Waals surface area contributed by atoms with Crippen LogP contribution in [0.5, 0.6) is 5.75 Å². The molecule has 0 saturated heterocycles. The molecule has 0 aliphatic rings. The molecule has 0 unspecified atom stereocenters. The van der Waals surface area contributed by atoms with Gasteiger partial charge in [-0.05, 0) is 31.5 Å². The smallest absolute Gasteiger partial charge is 0.227 e. The maximum Gasteiger partial charge on any atom is 0.227 e. The third kappa shape index (κ3) is 5.27. The molecule has 0 atom stereocenters. The highest BCUT2D eigenvalue weighted by Crippen LogP contribution is 2.13. The molecule has 122 valence electrons. The lowest BCUT2D eigenvalue weighted by Crippen LogP contribution is -2.47. The summed E-state index contributed by atoms with van der Waals surface area (Å²) in [6.07, 6.45) is 0. The molecule has 0 aromatic heterocycles. The van der Waals surface area contributed by atoms with Gasteiger partial charge >= 0.3 is 0 Å². The van der Waals surface area contributed by atoms with Crippen molar-refractivity contribution in [3.05, 3.63) is 29.8 Å². The predicted octanol–water partition coefficient (Wildman–Crippen LogP) is 1.13. The summed E-state index contributed by atoms with van der Waals surface area (Å²) < 4.78 is 5.20. The standard InChI is InChI=1S/C16H26N4O2/c1-16(2,14(21)17-3)11-20-15(18-4)19-10-12-7-6-8-13(9-12)22-5/h6-9H,10-11H2,1-5H3,(H,17,21)(H2,18,19,20). The Balaban J connectivity index is 2.54. The number of methoxy groups -OCH3 is 1. The molecular weight excluding hydrogens is 280 g/mol. The van der Waals surface area contributed by atoms with E-state index in [4.69, 9.17) is 4.74 Å². The second kappa shape index (κ2) is 8.26. The first kappa shape index (κ1) is 17.8. The van der Waals surface area contributed by atoms with Crippen molar-refractivity contribution in [3.63, 3.8) is 0 Å². The van der Waals surface area contributed by atoms with E-state index in [2.05, 4.69) is 20.9 Å². The Kier molecular flexibility index (Phi) is 6.69. The van der Waals surface area contributed by atoms with Crippen LogP contribution < -0.4 is 20.7 Å². The Bertz CT molecular complexity index is 527. The van der Waals surface area contributed by atoms with Crippen LogP contribution in [-0.2, 0) is 11.3 Å². The number of ether oxygens (including phenoxy) is 1. The van der Waals surface area contributed by atoms with Crippen LogP contribution in [0.25, 0.3) is 0 Å². The number of guanidine groups is 1. The van der Waals surface area contributed by atoms with Gasteiger partial charge in [-0.2, -0.15) is 0 Å². The third-order valence-electron chi connectivity index (χ3n) is 3.36. The van der Waals surface area contributed by atoms with Crippen LogP contribution in [0, 0.1) is 5.41 Å². The highest BCUT2D eigenvalue weighted by molar-refractivity contribution is 5.84. The molecule has 3 N–H and O–H groups in total. The number of carbonyl (C=O) groups is 1. The van der Waals surface area contributed by atoms with Crippen molar-refractivity contribution in [1.82, 2.24) is 16.0 Å². The van der Waals surface area contributed by atoms with Crippen LogP contribution in [-0.4, -0.2) is 39.6 Å². The van der Waals surface area contributed by atoms with Gasteiger partial charge in [0.1, 0.15) is 5.75 Å². The first-order chi connectivity index (χ1) is 10.4. The summed E-state index contributed by atoms with van der Waals surface area (Å²) in [5, 5.41) is 9.05. The summed E-state index contributed by atoms with van der Waals surface area (Å²) in [6.45, 7) is 4.88. The van der Waals surface area contributed by atoms with Crippen LogP contribution in [0.4, 0.5) is 0 Å². The average molecular weight is 306 g/mol. The molecule has 0 heterocycles. The summed E-state index contributed by atoms with van der Waals surface area (Å²) in [4.78, 5) is 15.9. The molecule has 0 aliphatic heterocycles. The molecule has 0 radical (unpaired) electrons. The fraction of sp³-hybridized carbons (Fsp3) is 0.500. The zero-order chi connectivity index (χ0) is 16.6. The summed E-state index contributed by atoms with van der Waals surface area (Å²) >= 11 is 0. The maximum absolute atomic E-state index is 11.8. The molecular formula is C16H26N4O2. The molecule has 1 aromatic carbocycles. The number of nitrogens with one attached hydrogen (secondary N) is 3. The number of hydrogen-bond donors (Lipinski definition) is 3. The van der Waals surface area contributed by atoms with Gasteiger partial charge in [0.15, 0.2) is 5.96 Å². The molecule has 1 amide bonds. The first-order valence-corrected chi connectivity index (χ1v) is 7.22. The van der Waals surface area contributed by atoms with Crippen LogP contribution in [0.2, 0.25) is 0 Å². The van der Waals surface area contributed by atoms with E-state index in [0.29, 0.717) is 19.0 Å². The fourth-order valence-corrected chi connectivity index (χ4v) is 1.91. The van der Waals surface area contributed by atoms with E-state index in [1.54, 1.807) is 21.2 Å². The Labute approximate surface area is 132 Å². The van der Waals surface area contributed by atoms with Crippen molar-refractivity contribution in [2.24, 2.45) is 10.4 Å². The van der Waals surface area contributed by atoms with E-state index in [9.17, 15) is 4.79 Å². The van der Waals surface area contributed by atoms with Crippen molar-refractivity contribution in [2.75, 3.05) is 27.7 Å². The minimum absolute atomic E-state index is 0.0109. The molecule has 0 fully saturated rings. The van der Waals surface area contributed by atoms with Crippen molar-refractivity contribution in [1.29, 1.82) is 0 Å². The fourth-order valence-electron chi connectivity index (χ4n) is 1.91. The highest BCUT2D eigenvalue weighted by Gasteiger charge is 2.26. The average Bonchev–Trinajstić information content (AvgIpc) is 2.54. The number of carbonyl (C=O) groups excluding carboxylic acids is 1. The molecule has 22 heavy (non-hydrogen) atoms. The largest absolute Gasteiger partial charge is 0.497 e. The molecule has 0 saturated carbocycles. The second-order valence-electron chi connectivity index (χ2n) is 5.59. The number of benzene rings is 1. The van der Waals surface area contributed by atoms with Crippen LogP contribution >= 0.6 is 0 Å². The lowest BCUT2D eigenvalue weighted by atomic mass is 9.92. The van der Waals surface area contributed by atoms with Crippen LogP contribution in [0.15, 0.2) is 29.3 Å². The minimum atomic E-state index is -0.512. The van der Waals surface area contributed by atoms with Crippen molar-refractivity contribution in [2.45, 2.75) is 20.4 Å². The predicted molar refractivity (Wildman–Crippen MR) is 89.0 cm³/mol. The summed E-state index contributed by atoms with van der Waals surface area (Å²) in [7, 11) is 4.99. The molecule has 6 heteroatoms. The quantitative estimate of drug-likeness (QED) is 0.544. The minimum Gasteiger partial charge on any atom is -0.497 e. The SMILES string of the molecule is CN=C(NCc1cccc(OC)c1)NCC(C)(C)C(=O)NC. The number of amides is 1. The van der Waals surface area contributed by atoms with Gasteiger partial charge in [0, 0.05) is 27.2 Å². The summed E-state index contributed by atoms with van der Waals surface area (Å²) in [5.74, 6) is 1.46. The molecule has 0 bridgehead atoms. The molecule has 0 spiro atoms. The third-order valence-corrected chi connectivity index (χ3v) is 3.36. The van der Waals surface area contributed by atoms with Gasteiger partial charge in [-0.1, -0.05) is 12.1 Å². The normalized spacial score (nSPS) is 11.8. The monoisotopic (exact) mass is 306 g/mol. The van der Waals surface area contributed by atoms with Crippen molar-refractivity contribution >= 4 is 11.9 Å². The van der Waals surface area contributed by atoms with Gasteiger partial charge in [-0.15, -0.1) is 0 Å². The van der Waals surface area contributed by atoms with E-state index in [-0.39, 0.29) is 5.91 Å². The summed E-state index contributed by atoms with van der Waals surface area (Å²) in [5.41, 5.74) is 0.579. The van der Waals surface area contributed by atoms with E-state index in [1.165, 1.54) is 0 Å². The van der Waals surface area contributed by atoms with Gasteiger partial charge in [0.25, 0.3) is 0 Å². The lowest BCUT2D eigenvalue weighted by Gasteiger charge is -2.24. The highest BCUT2D eigenvalue weighted by atomic mass is 16.5. The van der Waals surface area contributed by atoms with Crippen LogP contribution in [0.1, 0.15) is 19.4 Å². The molecule has 6 nitrogen and oxygen atoms in total. The maximum atomic E-state index is 11.8. The molecule has 0 aliphatic carbocycles. The van der Waals surface area contributed by atoms with Gasteiger partial charge in [0.05, 0.1) is 12.5 Å². The number of aliphatic imine (C=N–C) groups is 1.